The van der Waals surface area contributed by atoms with Crippen LogP contribution in [-0.4, -0.2) is 11.7 Å². The summed E-state index contributed by atoms with van der Waals surface area (Å²) in [7, 11) is 0. The average Bonchev–Trinajstić information content (AvgIpc) is 2.64. The Balaban J connectivity index is 2.41. The molecule has 1 atom stereocenters. The van der Waals surface area contributed by atoms with E-state index in [0.29, 0.717) is 12.3 Å². The third-order valence-electron chi connectivity index (χ3n) is 2.90. The van der Waals surface area contributed by atoms with E-state index in [9.17, 15) is 5.11 Å². The summed E-state index contributed by atoms with van der Waals surface area (Å²) in [6, 6.07) is 3.67. The summed E-state index contributed by atoms with van der Waals surface area (Å²) >= 11 is 0. The molecule has 1 aliphatic carbocycles. The quantitative estimate of drug-likeness (QED) is 0.650. The van der Waals surface area contributed by atoms with Crippen molar-refractivity contribution in [1.29, 1.82) is 0 Å². The Morgan fingerprint density at radius 2 is 2.14 bits per heavy atom. The van der Waals surface area contributed by atoms with Crippen LogP contribution >= 0.6 is 0 Å². The van der Waals surface area contributed by atoms with E-state index in [4.69, 9.17) is 11.5 Å². The Morgan fingerprint density at radius 1 is 1.36 bits per heavy atom. The summed E-state index contributed by atoms with van der Waals surface area (Å²) in [4.78, 5) is 0. The fourth-order valence-corrected chi connectivity index (χ4v) is 2.06. The largest absolute Gasteiger partial charge is 0.508 e. The molecule has 3 nitrogen and oxygen atoms in total. The van der Waals surface area contributed by atoms with Gasteiger partial charge in [-0.05, 0) is 42.0 Å². The number of phenolic OH excluding ortho intramolecular Hbond substituents is 1. The van der Waals surface area contributed by atoms with Crippen LogP contribution in [0.5, 0.6) is 5.75 Å². The molecule has 14 heavy (non-hydrogen) atoms. The highest BCUT2D eigenvalue weighted by molar-refractivity contribution is 5.46. The summed E-state index contributed by atoms with van der Waals surface area (Å²) in [5.41, 5.74) is 14.6. The minimum Gasteiger partial charge on any atom is -0.508 e. The topological polar surface area (TPSA) is 72.3 Å². The van der Waals surface area contributed by atoms with Gasteiger partial charge in [0.25, 0.3) is 0 Å². The fourth-order valence-electron chi connectivity index (χ4n) is 2.06. The number of hydrogen-bond acceptors (Lipinski definition) is 3. The van der Waals surface area contributed by atoms with Crippen molar-refractivity contribution >= 4 is 0 Å². The number of aryl methyl sites for hydroxylation is 1. The maximum Gasteiger partial charge on any atom is 0.119 e. The summed E-state index contributed by atoms with van der Waals surface area (Å²) in [5, 5.41) is 9.76. The fraction of sp³-hybridized carbons (Fsp3) is 0.455. The molecular formula is C11H16N2O. The molecule has 0 radical (unpaired) electrons. The first kappa shape index (κ1) is 9.49. The van der Waals surface area contributed by atoms with Crippen LogP contribution in [0.15, 0.2) is 12.1 Å². The van der Waals surface area contributed by atoms with Crippen LogP contribution in [0.3, 0.4) is 0 Å². The molecule has 3 heteroatoms. The summed E-state index contributed by atoms with van der Waals surface area (Å²) in [6.07, 6.45) is 3.16. The summed E-state index contributed by atoms with van der Waals surface area (Å²) in [6.45, 7) is 0.415. The van der Waals surface area contributed by atoms with Crippen LogP contribution in [0.4, 0.5) is 0 Å². The van der Waals surface area contributed by atoms with Crippen molar-refractivity contribution in [1.82, 2.24) is 0 Å². The molecule has 1 aromatic carbocycles. The smallest absolute Gasteiger partial charge is 0.119 e. The van der Waals surface area contributed by atoms with Gasteiger partial charge < -0.3 is 16.6 Å². The Morgan fingerprint density at radius 3 is 2.86 bits per heavy atom. The van der Waals surface area contributed by atoms with E-state index in [1.807, 2.05) is 0 Å². The zero-order valence-corrected chi connectivity index (χ0v) is 8.16. The molecule has 0 unspecified atom stereocenters. The van der Waals surface area contributed by atoms with Crippen LogP contribution in [0.2, 0.25) is 0 Å². The monoisotopic (exact) mass is 192 g/mol. The third-order valence-corrected chi connectivity index (χ3v) is 2.90. The van der Waals surface area contributed by atoms with E-state index in [1.54, 1.807) is 6.07 Å². The standard InChI is InChI=1S/C11H16N2O/c12-6-10(13)8-4-7-2-1-3-9(7)11(14)5-8/h4-5,10,14H,1-3,6,12-13H2/t10-/m1/s1. The van der Waals surface area contributed by atoms with Crippen molar-refractivity contribution in [2.75, 3.05) is 6.54 Å². The summed E-state index contributed by atoms with van der Waals surface area (Å²) < 4.78 is 0. The molecule has 0 fully saturated rings. The van der Waals surface area contributed by atoms with Gasteiger partial charge in [0.05, 0.1) is 0 Å². The minimum atomic E-state index is -0.160. The molecular weight excluding hydrogens is 176 g/mol. The van der Waals surface area contributed by atoms with Crippen molar-refractivity contribution in [3.63, 3.8) is 0 Å². The second-order valence-corrected chi connectivity index (χ2v) is 3.87. The van der Waals surface area contributed by atoms with Crippen LogP contribution < -0.4 is 11.5 Å². The predicted octanol–water partition coefficient (Wildman–Crippen LogP) is 0.839. The molecule has 1 aliphatic rings. The van der Waals surface area contributed by atoms with Crippen LogP contribution in [0, 0.1) is 0 Å². The van der Waals surface area contributed by atoms with Crippen molar-refractivity contribution in [3.8, 4) is 5.75 Å². The van der Waals surface area contributed by atoms with Crippen molar-refractivity contribution in [2.24, 2.45) is 11.5 Å². The van der Waals surface area contributed by atoms with Gasteiger partial charge in [0.1, 0.15) is 5.75 Å². The van der Waals surface area contributed by atoms with Crippen molar-refractivity contribution < 1.29 is 5.11 Å². The molecule has 0 heterocycles. The van der Waals surface area contributed by atoms with Crippen molar-refractivity contribution in [2.45, 2.75) is 25.3 Å². The van der Waals surface area contributed by atoms with Gasteiger partial charge in [0.2, 0.25) is 0 Å². The van der Waals surface area contributed by atoms with Gasteiger partial charge in [-0.25, -0.2) is 0 Å². The molecule has 0 aliphatic heterocycles. The molecule has 76 valence electrons. The second-order valence-electron chi connectivity index (χ2n) is 3.87. The highest BCUT2D eigenvalue weighted by atomic mass is 16.3. The van der Waals surface area contributed by atoms with Gasteiger partial charge in [-0.2, -0.15) is 0 Å². The predicted molar refractivity (Wildman–Crippen MR) is 56.1 cm³/mol. The molecule has 0 saturated heterocycles. The molecule has 0 aromatic heterocycles. The minimum absolute atomic E-state index is 0.160. The number of phenols is 1. The number of nitrogens with two attached hydrogens (primary N) is 2. The number of aromatic hydroxyl groups is 1. The average molecular weight is 192 g/mol. The summed E-state index contributed by atoms with van der Waals surface area (Å²) in [5.74, 6) is 0.388. The Hall–Kier alpha value is -1.06. The van der Waals surface area contributed by atoms with E-state index in [2.05, 4.69) is 6.07 Å². The first-order chi connectivity index (χ1) is 6.72. The molecule has 2 rings (SSSR count). The molecule has 0 amide bonds. The van der Waals surface area contributed by atoms with E-state index >= 15 is 0 Å². The SMILES string of the molecule is NC[C@@H](N)c1cc(O)c2c(c1)CCC2. The van der Waals surface area contributed by atoms with Gasteiger partial charge in [-0.1, -0.05) is 6.07 Å². The number of rotatable bonds is 2. The Labute approximate surface area is 83.7 Å². The molecule has 1 aromatic rings. The van der Waals surface area contributed by atoms with E-state index < -0.39 is 0 Å². The molecule has 0 bridgehead atoms. The van der Waals surface area contributed by atoms with Gasteiger partial charge in [0, 0.05) is 12.6 Å². The third kappa shape index (κ3) is 1.49. The number of fused-ring (bicyclic) bond motifs is 1. The zero-order chi connectivity index (χ0) is 10.1. The lowest BCUT2D eigenvalue weighted by molar-refractivity contribution is 0.467. The van der Waals surface area contributed by atoms with Gasteiger partial charge in [-0.3, -0.25) is 0 Å². The lowest BCUT2D eigenvalue weighted by Gasteiger charge is -2.12. The van der Waals surface area contributed by atoms with Crippen LogP contribution in [0.25, 0.3) is 0 Å². The van der Waals surface area contributed by atoms with Gasteiger partial charge in [-0.15, -0.1) is 0 Å². The van der Waals surface area contributed by atoms with Gasteiger partial charge >= 0.3 is 0 Å². The number of benzene rings is 1. The van der Waals surface area contributed by atoms with E-state index in [-0.39, 0.29) is 6.04 Å². The van der Waals surface area contributed by atoms with Crippen molar-refractivity contribution in [3.05, 3.63) is 28.8 Å². The van der Waals surface area contributed by atoms with Crippen LogP contribution in [0.1, 0.15) is 29.2 Å². The lowest BCUT2D eigenvalue weighted by atomic mass is 10.0. The zero-order valence-electron chi connectivity index (χ0n) is 8.16. The normalized spacial score (nSPS) is 16.7. The Bertz CT molecular complexity index is 349. The maximum atomic E-state index is 9.76. The Kier molecular flexibility index (Phi) is 2.44. The van der Waals surface area contributed by atoms with Gasteiger partial charge in [0.15, 0.2) is 0 Å². The second kappa shape index (κ2) is 3.59. The van der Waals surface area contributed by atoms with Crippen LogP contribution in [-0.2, 0) is 12.8 Å². The van der Waals surface area contributed by atoms with E-state index in [0.717, 1.165) is 30.4 Å². The highest BCUT2D eigenvalue weighted by Gasteiger charge is 2.17. The van der Waals surface area contributed by atoms with E-state index in [1.165, 1.54) is 5.56 Å². The molecule has 0 saturated carbocycles. The number of hydrogen-bond donors (Lipinski definition) is 3. The molecule has 0 spiro atoms. The molecule has 5 N–H and O–H groups in total. The maximum absolute atomic E-state index is 9.76. The lowest BCUT2D eigenvalue weighted by Crippen LogP contribution is -2.20. The first-order valence-electron chi connectivity index (χ1n) is 5.02. The highest BCUT2D eigenvalue weighted by Crippen LogP contribution is 2.32. The first-order valence-corrected chi connectivity index (χ1v) is 5.02.